The molecule has 1 fully saturated rings. The topological polar surface area (TPSA) is 47.2 Å². The monoisotopic (exact) mass is 397 g/mol. The number of hydrogen-bond acceptors (Lipinski definition) is 2. The first kappa shape index (κ1) is 21.3. The number of carbonyl (C=O) groups is 1. The van der Waals surface area contributed by atoms with Gasteiger partial charge in [0.05, 0.1) is 7.11 Å². The largest absolute Gasteiger partial charge is 0.496 e. The minimum atomic E-state index is 0.108. The molecule has 0 radical (unpaired) electrons. The molecule has 0 aromatic heterocycles. The lowest BCUT2D eigenvalue weighted by atomic mass is 10.0. The van der Waals surface area contributed by atoms with Crippen LogP contribution in [0.15, 0.2) is 42.5 Å². The van der Waals surface area contributed by atoms with E-state index in [0.717, 1.165) is 44.2 Å². The molecule has 1 saturated heterocycles. The molecule has 1 aliphatic rings. The van der Waals surface area contributed by atoms with E-state index in [1.54, 1.807) is 12.0 Å². The van der Waals surface area contributed by atoms with Gasteiger partial charge in [-0.1, -0.05) is 43.7 Å². The van der Waals surface area contributed by atoms with Crippen molar-refractivity contribution in [3.63, 3.8) is 0 Å². The van der Waals surface area contributed by atoms with Gasteiger partial charge >= 0.3 is 0 Å². The Balaban J connectivity index is 1.50. The van der Waals surface area contributed by atoms with E-state index >= 15 is 0 Å². The second kappa shape index (κ2) is 9.90. The molecule has 3 N–H and O–H groups in total. The van der Waals surface area contributed by atoms with Crippen LogP contribution >= 0.6 is 0 Å². The summed E-state index contributed by atoms with van der Waals surface area (Å²) in [5.74, 6) is 1.47. The zero-order valence-corrected chi connectivity index (χ0v) is 18.2. The molecule has 2 aromatic carbocycles. The molecule has 0 spiro atoms. The molecule has 0 saturated carbocycles. The van der Waals surface area contributed by atoms with Crippen molar-refractivity contribution < 1.29 is 19.3 Å². The Hall–Kier alpha value is -2.37. The van der Waals surface area contributed by atoms with Crippen molar-refractivity contribution in [3.8, 4) is 5.75 Å². The van der Waals surface area contributed by atoms with Crippen LogP contribution in [0.3, 0.4) is 0 Å². The Bertz CT molecular complexity index is 827. The molecule has 0 atom stereocenters. The lowest BCUT2D eigenvalue weighted by Crippen LogP contribution is -3.28. The molecule has 1 heterocycles. The van der Waals surface area contributed by atoms with E-state index in [2.05, 4.69) is 50.4 Å². The first-order chi connectivity index (χ1) is 14.0. The van der Waals surface area contributed by atoms with Crippen LogP contribution in [0.25, 0.3) is 0 Å². The van der Waals surface area contributed by atoms with E-state index in [9.17, 15) is 4.79 Å². The van der Waals surface area contributed by atoms with Gasteiger partial charge in [0.2, 0.25) is 0 Å². The normalized spacial score (nSPS) is 19.2. The molecular formula is C24H35N3O2+2. The molecule has 29 heavy (non-hydrogen) atoms. The fourth-order valence-corrected chi connectivity index (χ4v) is 4.16. The Morgan fingerprint density at radius 2 is 1.76 bits per heavy atom. The van der Waals surface area contributed by atoms with Gasteiger partial charge in [-0.05, 0) is 36.6 Å². The van der Waals surface area contributed by atoms with Crippen LogP contribution in [0.1, 0.15) is 36.5 Å². The van der Waals surface area contributed by atoms with Crippen LogP contribution in [0, 0.1) is 6.92 Å². The zero-order chi connectivity index (χ0) is 20.8. The second-order valence-electron chi connectivity index (χ2n) is 8.46. The van der Waals surface area contributed by atoms with Gasteiger partial charge in [0.15, 0.2) is 6.54 Å². The van der Waals surface area contributed by atoms with E-state index in [-0.39, 0.29) is 5.91 Å². The molecular weight excluding hydrogens is 362 g/mol. The molecule has 2 aromatic rings. The number of piperazine rings is 1. The third-order valence-electron chi connectivity index (χ3n) is 5.81. The maximum atomic E-state index is 12.6. The molecule has 0 bridgehead atoms. The van der Waals surface area contributed by atoms with E-state index in [4.69, 9.17) is 4.74 Å². The Morgan fingerprint density at radius 1 is 1.07 bits per heavy atom. The highest BCUT2D eigenvalue weighted by molar-refractivity contribution is 5.92. The quantitative estimate of drug-likeness (QED) is 0.654. The van der Waals surface area contributed by atoms with Gasteiger partial charge in [0.25, 0.3) is 5.91 Å². The summed E-state index contributed by atoms with van der Waals surface area (Å²) in [5, 5.41) is 3.13. The molecule has 5 nitrogen and oxygen atoms in total. The average Bonchev–Trinajstić information content (AvgIpc) is 2.70. The second-order valence-corrected chi connectivity index (χ2v) is 8.46. The summed E-state index contributed by atoms with van der Waals surface area (Å²) in [6.45, 7) is 12.1. The Morgan fingerprint density at radius 3 is 2.45 bits per heavy atom. The van der Waals surface area contributed by atoms with Crippen molar-refractivity contribution in [2.75, 3.05) is 45.2 Å². The van der Waals surface area contributed by atoms with Crippen LogP contribution in [0.5, 0.6) is 5.75 Å². The first-order valence-electron chi connectivity index (χ1n) is 10.7. The van der Waals surface area contributed by atoms with Gasteiger partial charge in [-0.25, -0.2) is 0 Å². The highest BCUT2D eigenvalue weighted by Crippen LogP contribution is 2.23. The predicted molar refractivity (Wildman–Crippen MR) is 117 cm³/mol. The molecule has 0 unspecified atom stereocenters. The molecule has 5 heteroatoms. The number of hydrogen-bond donors (Lipinski definition) is 3. The van der Waals surface area contributed by atoms with Gasteiger partial charge in [-0.15, -0.1) is 0 Å². The summed E-state index contributed by atoms with van der Waals surface area (Å²) in [6.07, 6.45) is 0. The van der Waals surface area contributed by atoms with Gasteiger partial charge in [-0.2, -0.15) is 0 Å². The number of para-hydroxylation sites is 1. The van der Waals surface area contributed by atoms with E-state index in [0.29, 0.717) is 12.5 Å². The summed E-state index contributed by atoms with van der Waals surface area (Å²) >= 11 is 0. The fourth-order valence-electron chi connectivity index (χ4n) is 4.16. The van der Waals surface area contributed by atoms with Crippen molar-refractivity contribution in [2.45, 2.75) is 33.2 Å². The summed E-state index contributed by atoms with van der Waals surface area (Å²) in [5.41, 5.74) is 4.68. The first-order valence-corrected chi connectivity index (χ1v) is 10.7. The van der Waals surface area contributed by atoms with Crippen LogP contribution in [0.4, 0.5) is 5.69 Å². The number of aryl methyl sites for hydroxylation is 1. The lowest BCUT2D eigenvalue weighted by Gasteiger charge is -2.29. The molecule has 3 rings (SSSR count). The number of ether oxygens (including phenoxy) is 1. The van der Waals surface area contributed by atoms with E-state index in [1.807, 2.05) is 18.2 Å². The van der Waals surface area contributed by atoms with Crippen molar-refractivity contribution in [1.29, 1.82) is 0 Å². The standard InChI is InChI=1S/C24H33N3O2/c1-18(2)21-7-5-6-8-22(21)25-24(28)17-27-13-11-26(12-14-27)16-20-15-19(3)9-10-23(20)29-4/h5-10,15,18H,11-14,16-17H2,1-4H3,(H,25,28)/p+2. The van der Waals surface area contributed by atoms with Crippen LogP contribution in [-0.2, 0) is 11.3 Å². The van der Waals surface area contributed by atoms with Crippen molar-refractivity contribution in [1.82, 2.24) is 0 Å². The van der Waals surface area contributed by atoms with Gasteiger partial charge in [-0.3, -0.25) is 4.79 Å². The van der Waals surface area contributed by atoms with Gasteiger partial charge in [0, 0.05) is 11.3 Å². The van der Waals surface area contributed by atoms with Gasteiger partial charge < -0.3 is 19.9 Å². The Kier molecular flexibility index (Phi) is 7.29. The minimum absolute atomic E-state index is 0.108. The number of nitrogens with one attached hydrogen (secondary N) is 3. The molecule has 1 aliphatic heterocycles. The van der Waals surface area contributed by atoms with Crippen LogP contribution < -0.4 is 19.9 Å². The van der Waals surface area contributed by atoms with Crippen molar-refractivity contribution >= 4 is 11.6 Å². The van der Waals surface area contributed by atoms with E-state index < -0.39 is 0 Å². The van der Waals surface area contributed by atoms with E-state index in [1.165, 1.54) is 21.6 Å². The summed E-state index contributed by atoms with van der Waals surface area (Å²) < 4.78 is 5.53. The smallest absolute Gasteiger partial charge is 0.279 e. The maximum Gasteiger partial charge on any atom is 0.279 e. The number of quaternary nitrogens is 2. The third kappa shape index (κ3) is 5.81. The zero-order valence-electron chi connectivity index (χ0n) is 18.2. The predicted octanol–water partition coefficient (Wildman–Crippen LogP) is 1.05. The SMILES string of the molecule is COc1ccc(C)cc1C[NH+]1CC[NH+](CC(=O)Nc2ccccc2C(C)C)CC1. The molecule has 0 aliphatic carbocycles. The summed E-state index contributed by atoms with van der Waals surface area (Å²) in [4.78, 5) is 15.5. The third-order valence-corrected chi connectivity index (χ3v) is 5.81. The van der Waals surface area contributed by atoms with Crippen LogP contribution in [0.2, 0.25) is 0 Å². The van der Waals surface area contributed by atoms with Crippen molar-refractivity contribution in [2.24, 2.45) is 0 Å². The maximum absolute atomic E-state index is 12.6. The number of anilines is 1. The number of amides is 1. The lowest BCUT2D eigenvalue weighted by molar-refractivity contribution is -1.02. The Labute approximate surface area is 174 Å². The number of benzene rings is 2. The van der Waals surface area contributed by atoms with Crippen molar-refractivity contribution in [3.05, 3.63) is 59.2 Å². The highest BCUT2D eigenvalue weighted by Gasteiger charge is 2.26. The van der Waals surface area contributed by atoms with Crippen LogP contribution in [-0.4, -0.2) is 45.7 Å². The molecule has 156 valence electrons. The minimum Gasteiger partial charge on any atom is -0.496 e. The molecule has 1 amide bonds. The number of methoxy groups -OCH3 is 1. The summed E-state index contributed by atoms with van der Waals surface area (Å²) in [7, 11) is 1.74. The fraction of sp³-hybridized carbons (Fsp3) is 0.458. The summed E-state index contributed by atoms with van der Waals surface area (Å²) in [6, 6.07) is 14.5. The average molecular weight is 398 g/mol. The number of rotatable bonds is 7. The highest BCUT2D eigenvalue weighted by atomic mass is 16.5. The number of carbonyl (C=O) groups excluding carboxylic acids is 1. The van der Waals surface area contributed by atoms with Gasteiger partial charge in [0.1, 0.15) is 38.5 Å².